The highest BCUT2D eigenvalue weighted by Gasteiger charge is 2.05. The van der Waals surface area contributed by atoms with E-state index in [2.05, 4.69) is 26.0 Å². The number of nitrogens with zero attached hydrogens (tertiary/aromatic N) is 3. The molecule has 90 valence electrons. The average molecular weight is 296 g/mol. The van der Waals surface area contributed by atoms with E-state index in [0.29, 0.717) is 6.61 Å². The summed E-state index contributed by atoms with van der Waals surface area (Å²) in [5, 5.41) is 4.00. The number of rotatable bonds is 3. The number of benzene rings is 1. The Morgan fingerprint density at radius 2 is 1.94 bits per heavy atom. The Bertz CT molecular complexity index is 513. The molecule has 1 aromatic carbocycles. The van der Waals surface area contributed by atoms with E-state index >= 15 is 0 Å². The van der Waals surface area contributed by atoms with Crippen molar-refractivity contribution in [2.24, 2.45) is 7.05 Å². The van der Waals surface area contributed by atoms with Crippen LogP contribution in [-0.2, 0) is 13.7 Å². The van der Waals surface area contributed by atoms with Crippen molar-refractivity contribution in [3.05, 3.63) is 39.9 Å². The second-order valence-electron chi connectivity index (χ2n) is 3.96. The third-order valence-electron chi connectivity index (χ3n) is 2.58. The molecule has 0 radical (unpaired) electrons. The standard InChI is InChI=1S/C12H14BrN3O/c1-8-4-10(5-9(2)12(8)13)17-6-11-14-7-15-16(11)3/h4-5,7H,6H2,1-3H3. The van der Waals surface area contributed by atoms with Crippen molar-refractivity contribution in [2.75, 3.05) is 0 Å². The van der Waals surface area contributed by atoms with Crippen molar-refractivity contribution in [2.45, 2.75) is 20.5 Å². The van der Waals surface area contributed by atoms with Crippen LogP contribution in [0.5, 0.6) is 5.75 Å². The fraction of sp³-hybridized carbons (Fsp3) is 0.333. The summed E-state index contributed by atoms with van der Waals surface area (Å²) in [5.41, 5.74) is 2.33. The van der Waals surface area contributed by atoms with E-state index in [1.165, 1.54) is 6.33 Å². The molecule has 0 aliphatic carbocycles. The minimum Gasteiger partial charge on any atom is -0.486 e. The lowest BCUT2D eigenvalue weighted by Crippen LogP contribution is -2.04. The first kappa shape index (κ1) is 12.1. The molecule has 0 aliphatic heterocycles. The molecule has 17 heavy (non-hydrogen) atoms. The van der Waals surface area contributed by atoms with Gasteiger partial charge < -0.3 is 4.74 Å². The molecule has 1 aromatic heterocycles. The van der Waals surface area contributed by atoms with Crippen LogP contribution < -0.4 is 4.74 Å². The van der Waals surface area contributed by atoms with E-state index in [1.807, 2.05) is 33.0 Å². The molecule has 1 heterocycles. The van der Waals surface area contributed by atoms with E-state index < -0.39 is 0 Å². The molecule has 0 fully saturated rings. The third kappa shape index (κ3) is 2.66. The molecular formula is C12H14BrN3O. The van der Waals surface area contributed by atoms with Crippen LogP contribution >= 0.6 is 15.9 Å². The predicted octanol–water partition coefficient (Wildman–Crippen LogP) is 2.77. The number of aryl methyl sites for hydroxylation is 3. The van der Waals surface area contributed by atoms with Crippen LogP contribution in [0.25, 0.3) is 0 Å². The second-order valence-corrected chi connectivity index (χ2v) is 4.75. The molecular weight excluding hydrogens is 282 g/mol. The predicted molar refractivity (Wildman–Crippen MR) is 69.0 cm³/mol. The third-order valence-corrected chi connectivity index (χ3v) is 3.83. The molecule has 0 saturated heterocycles. The number of ether oxygens (including phenoxy) is 1. The highest BCUT2D eigenvalue weighted by molar-refractivity contribution is 9.10. The highest BCUT2D eigenvalue weighted by Crippen LogP contribution is 2.26. The van der Waals surface area contributed by atoms with Crippen molar-refractivity contribution < 1.29 is 4.74 Å². The average Bonchev–Trinajstić information content (AvgIpc) is 2.69. The van der Waals surface area contributed by atoms with E-state index in [-0.39, 0.29) is 0 Å². The second kappa shape index (κ2) is 4.87. The van der Waals surface area contributed by atoms with Gasteiger partial charge in [-0.3, -0.25) is 4.68 Å². The highest BCUT2D eigenvalue weighted by atomic mass is 79.9. The maximum atomic E-state index is 5.70. The SMILES string of the molecule is Cc1cc(OCc2ncnn2C)cc(C)c1Br. The van der Waals surface area contributed by atoms with Gasteiger partial charge in [0.05, 0.1) is 0 Å². The van der Waals surface area contributed by atoms with Gasteiger partial charge >= 0.3 is 0 Å². The lowest BCUT2D eigenvalue weighted by molar-refractivity contribution is 0.289. The van der Waals surface area contributed by atoms with E-state index in [0.717, 1.165) is 27.2 Å². The largest absolute Gasteiger partial charge is 0.486 e. The van der Waals surface area contributed by atoms with Crippen LogP contribution in [0.4, 0.5) is 0 Å². The smallest absolute Gasteiger partial charge is 0.164 e. The van der Waals surface area contributed by atoms with Gasteiger partial charge in [-0.2, -0.15) is 5.10 Å². The molecule has 0 saturated carbocycles. The summed E-state index contributed by atoms with van der Waals surface area (Å²) in [5.74, 6) is 1.66. The van der Waals surface area contributed by atoms with Gasteiger partial charge in [0.25, 0.3) is 0 Å². The topological polar surface area (TPSA) is 39.9 Å². The zero-order valence-corrected chi connectivity index (χ0v) is 11.7. The van der Waals surface area contributed by atoms with Crippen LogP contribution in [0.15, 0.2) is 22.9 Å². The molecule has 0 aliphatic rings. The number of halogens is 1. The monoisotopic (exact) mass is 295 g/mol. The van der Waals surface area contributed by atoms with Gasteiger partial charge in [-0.1, -0.05) is 15.9 Å². The van der Waals surface area contributed by atoms with Crippen molar-refractivity contribution in [3.63, 3.8) is 0 Å². The Labute approximate surface area is 109 Å². The first-order valence-electron chi connectivity index (χ1n) is 5.30. The fourth-order valence-corrected chi connectivity index (χ4v) is 1.82. The maximum absolute atomic E-state index is 5.70. The van der Waals surface area contributed by atoms with Crippen molar-refractivity contribution in [1.29, 1.82) is 0 Å². The van der Waals surface area contributed by atoms with Crippen LogP contribution in [-0.4, -0.2) is 14.8 Å². The first-order chi connectivity index (χ1) is 8.08. The number of hydrogen-bond acceptors (Lipinski definition) is 3. The molecule has 4 nitrogen and oxygen atoms in total. The summed E-state index contributed by atoms with van der Waals surface area (Å²) in [7, 11) is 1.85. The Morgan fingerprint density at radius 3 is 2.47 bits per heavy atom. The Kier molecular flexibility index (Phi) is 3.47. The van der Waals surface area contributed by atoms with Crippen molar-refractivity contribution in [1.82, 2.24) is 14.8 Å². The van der Waals surface area contributed by atoms with E-state index in [1.54, 1.807) is 4.68 Å². The van der Waals surface area contributed by atoms with Gasteiger partial charge in [-0.25, -0.2) is 4.98 Å². The summed E-state index contributed by atoms with van der Waals surface area (Å²) in [6.07, 6.45) is 1.52. The quantitative estimate of drug-likeness (QED) is 0.874. The molecule has 5 heteroatoms. The van der Waals surface area contributed by atoms with Gasteiger partial charge in [0, 0.05) is 11.5 Å². The van der Waals surface area contributed by atoms with Gasteiger partial charge in [0.2, 0.25) is 0 Å². The van der Waals surface area contributed by atoms with Crippen LogP contribution in [0.2, 0.25) is 0 Å². The Hall–Kier alpha value is -1.36. The number of hydrogen-bond donors (Lipinski definition) is 0. The molecule has 0 unspecified atom stereocenters. The van der Waals surface area contributed by atoms with Gasteiger partial charge in [0.15, 0.2) is 5.82 Å². The van der Waals surface area contributed by atoms with Crippen LogP contribution in [0.3, 0.4) is 0 Å². The molecule has 0 N–H and O–H groups in total. The molecule has 0 spiro atoms. The van der Waals surface area contributed by atoms with Crippen LogP contribution in [0, 0.1) is 13.8 Å². The van der Waals surface area contributed by atoms with Crippen molar-refractivity contribution in [3.8, 4) is 5.75 Å². The molecule has 0 bridgehead atoms. The fourth-order valence-electron chi connectivity index (χ4n) is 1.59. The normalized spacial score (nSPS) is 10.6. The minimum atomic E-state index is 0.428. The van der Waals surface area contributed by atoms with Gasteiger partial charge in [0.1, 0.15) is 18.7 Å². The summed E-state index contributed by atoms with van der Waals surface area (Å²) in [4.78, 5) is 4.11. The Morgan fingerprint density at radius 1 is 1.29 bits per heavy atom. The minimum absolute atomic E-state index is 0.428. The van der Waals surface area contributed by atoms with Crippen molar-refractivity contribution >= 4 is 15.9 Å². The van der Waals surface area contributed by atoms with Gasteiger partial charge in [-0.05, 0) is 37.1 Å². The summed E-state index contributed by atoms with van der Waals surface area (Å²) in [6.45, 7) is 4.52. The zero-order valence-electron chi connectivity index (χ0n) is 10.1. The lowest BCUT2D eigenvalue weighted by atomic mass is 10.1. The van der Waals surface area contributed by atoms with E-state index in [4.69, 9.17) is 4.74 Å². The zero-order chi connectivity index (χ0) is 12.4. The molecule has 0 amide bonds. The molecule has 0 atom stereocenters. The molecule has 2 rings (SSSR count). The van der Waals surface area contributed by atoms with E-state index in [9.17, 15) is 0 Å². The maximum Gasteiger partial charge on any atom is 0.164 e. The first-order valence-corrected chi connectivity index (χ1v) is 6.09. The Balaban J connectivity index is 2.12. The summed E-state index contributed by atoms with van der Waals surface area (Å²) >= 11 is 3.53. The lowest BCUT2D eigenvalue weighted by Gasteiger charge is -2.09. The number of aromatic nitrogens is 3. The summed E-state index contributed by atoms with van der Waals surface area (Å²) < 4.78 is 8.54. The molecule has 2 aromatic rings. The summed E-state index contributed by atoms with van der Waals surface area (Å²) in [6, 6.07) is 4.01. The van der Waals surface area contributed by atoms with Gasteiger partial charge in [-0.15, -0.1) is 0 Å². The van der Waals surface area contributed by atoms with Crippen LogP contribution in [0.1, 0.15) is 17.0 Å².